The molecule has 1 amide bonds. The number of fused-ring (bicyclic) bond motifs is 1. The van der Waals surface area contributed by atoms with E-state index in [4.69, 9.17) is 0 Å². The first kappa shape index (κ1) is 17.8. The molecule has 27 heavy (non-hydrogen) atoms. The van der Waals surface area contributed by atoms with Crippen LogP contribution in [0.1, 0.15) is 29.5 Å². The molecule has 0 radical (unpaired) electrons. The number of amides is 1. The minimum Gasteiger partial charge on any atom is -0.338 e. The summed E-state index contributed by atoms with van der Waals surface area (Å²) in [5.41, 5.74) is 3.54. The highest BCUT2D eigenvalue weighted by atomic mass is 32.2. The van der Waals surface area contributed by atoms with E-state index in [1.54, 1.807) is 12.1 Å². The molecule has 1 heterocycles. The second-order valence-corrected chi connectivity index (χ2v) is 8.69. The van der Waals surface area contributed by atoms with E-state index in [-0.39, 0.29) is 11.8 Å². The van der Waals surface area contributed by atoms with Crippen molar-refractivity contribution in [3.63, 3.8) is 0 Å². The number of hydrogen-bond donors (Lipinski definition) is 1. The van der Waals surface area contributed by atoms with Crippen LogP contribution in [0.25, 0.3) is 6.08 Å². The van der Waals surface area contributed by atoms with Crippen molar-refractivity contribution < 1.29 is 13.2 Å². The maximum Gasteiger partial charge on any atom is 0.255 e. The second kappa shape index (κ2) is 7.19. The van der Waals surface area contributed by atoms with Crippen molar-refractivity contribution in [3.05, 3.63) is 70.6 Å². The van der Waals surface area contributed by atoms with Gasteiger partial charge in [-0.15, -0.1) is 0 Å². The maximum absolute atomic E-state index is 12.3. The van der Waals surface area contributed by atoms with Gasteiger partial charge in [-0.05, 0) is 54.2 Å². The highest BCUT2D eigenvalue weighted by Gasteiger charge is 2.34. The molecule has 0 saturated heterocycles. The standard InChI is InChI=1S/C21H22N2O3S/c24-21(18-6-7-18)23-12-10-17-8-9-20(14-19(17)15-23)22-27(25,26)13-11-16-4-2-1-3-5-16/h1-5,8-9,11,13-14,18,22H,6-7,10,12,15H2. The molecule has 1 aliphatic heterocycles. The lowest BCUT2D eigenvalue weighted by Gasteiger charge is -2.29. The van der Waals surface area contributed by atoms with E-state index in [1.807, 2.05) is 47.4 Å². The molecule has 0 unspecified atom stereocenters. The van der Waals surface area contributed by atoms with Crippen LogP contribution in [-0.4, -0.2) is 25.8 Å². The zero-order chi connectivity index (χ0) is 18.9. The molecule has 5 nitrogen and oxygen atoms in total. The Labute approximate surface area is 159 Å². The lowest BCUT2D eigenvalue weighted by molar-refractivity contribution is -0.133. The fourth-order valence-electron chi connectivity index (χ4n) is 3.33. The van der Waals surface area contributed by atoms with Gasteiger partial charge in [0.05, 0.1) is 5.41 Å². The molecule has 0 bridgehead atoms. The normalized spacial score (nSPS) is 17.0. The summed E-state index contributed by atoms with van der Waals surface area (Å²) >= 11 is 0. The second-order valence-electron chi connectivity index (χ2n) is 7.13. The van der Waals surface area contributed by atoms with Gasteiger partial charge < -0.3 is 4.90 Å². The van der Waals surface area contributed by atoms with Crippen LogP contribution < -0.4 is 4.72 Å². The predicted molar refractivity (Wildman–Crippen MR) is 106 cm³/mol. The molecule has 4 rings (SSSR count). The van der Waals surface area contributed by atoms with Crippen LogP contribution in [0.4, 0.5) is 5.69 Å². The van der Waals surface area contributed by atoms with Crippen LogP contribution in [0.2, 0.25) is 0 Å². The number of hydrogen-bond acceptors (Lipinski definition) is 3. The first-order valence-corrected chi connectivity index (χ1v) is 10.7. The highest BCUT2D eigenvalue weighted by Crippen LogP contribution is 2.33. The fraction of sp³-hybridized carbons (Fsp3) is 0.286. The molecule has 1 saturated carbocycles. The van der Waals surface area contributed by atoms with Gasteiger partial charge in [0.15, 0.2) is 0 Å². The number of carbonyl (C=O) groups excluding carboxylic acids is 1. The van der Waals surface area contributed by atoms with Gasteiger partial charge in [0.25, 0.3) is 10.0 Å². The quantitative estimate of drug-likeness (QED) is 0.862. The molecule has 0 atom stereocenters. The summed E-state index contributed by atoms with van der Waals surface area (Å²) in [4.78, 5) is 14.2. The van der Waals surface area contributed by atoms with Crippen LogP contribution in [0.3, 0.4) is 0 Å². The van der Waals surface area contributed by atoms with Crippen molar-refractivity contribution in [2.75, 3.05) is 11.3 Å². The Bertz CT molecular complexity index is 980. The molecular formula is C21H22N2O3S. The van der Waals surface area contributed by atoms with Gasteiger partial charge in [-0.25, -0.2) is 8.42 Å². The van der Waals surface area contributed by atoms with Gasteiger partial charge in [-0.1, -0.05) is 36.4 Å². The first-order chi connectivity index (χ1) is 13.0. The molecule has 1 fully saturated rings. The molecule has 2 aliphatic rings. The predicted octanol–water partition coefficient (Wildman–Crippen LogP) is 3.39. The smallest absolute Gasteiger partial charge is 0.255 e. The molecular weight excluding hydrogens is 360 g/mol. The van der Waals surface area contributed by atoms with Crippen molar-refractivity contribution in [2.24, 2.45) is 5.92 Å². The zero-order valence-corrected chi connectivity index (χ0v) is 15.8. The number of nitrogens with one attached hydrogen (secondary N) is 1. The Morgan fingerprint density at radius 3 is 2.59 bits per heavy atom. The number of benzene rings is 2. The topological polar surface area (TPSA) is 66.5 Å². The summed E-state index contributed by atoms with van der Waals surface area (Å²) in [5.74, 6) is 0.439. The SMILES string of the molecule is O=C(C1CC1)N1CCc2ccc(NS(=O)(=O)C=Cc3ccccc3)cc2C1. The van der Waals surface area contributed by atoms with Crippen LogP contribution in [0, 0.1) is 5.92 Å². The van der Waals surface area contributed by atoms with Gasteiger partial charge in [0.2, 0.25) is 5.91 Å². The molecule has 2 aromatic carbocycles. The average molecular weight is 382 g/mol. The van der Waals surface area contributed by atoms with E-state index < -0.39 is 10.0 Å². The minimum absolute atomic E-state index is 0.205. The lowest BCUT2D eigenvalue weighted by Crippen LogP contribution is -2.36. The summed E-state index contributed by atoms with van der Waals surface area (Å²) in [6.07, 6.45) is 4.37. The third kappa shape index (κ3) is 4.39. The molecule has 0 aromatic heterocycles. The van der Waals surface area contributed by atoms with Crippen LogP contribution in [-0.2, 0) is 27.8 Å². The van der Waals surface area contributed by atoms with Crippen molar-refractivity contribution in [1.29, 1.82) is 0 Å². The number of sulfonamides is 1. The Morgan fingerprint density at radius 1 is 1.07 bits per heavy atom. The van der Waals surface area contributed by atoms with E-state index in [0.717, 1.165) is 36.9 Å². The summed E-state index contributed by atoms with van der Waals surface area (Å²) in [5, 5.41) is 1.17. The van der Waals surface area contributed by atoms with Gasteiger partial charge in [-0.3, -0.25) is 9.52 Å². The third-order valence-electron chi connectivity index (χ3n) is 4.96. The Hall–Kier alpha value is -2.60. The van der Waals surface area contributed by atoms with Crippen LogP contribution in [0.15, 0.2) is 53.9 Å². The van der Waals surface area contributed by atoms with E-state index in [0.29, 0.717) is 12.2 Å². The summed E-state index contributed by atoms with van der Waals surface area (Å²) in [6, 6.07) is 14.9. The minimum atomic E-state index is -3.60. The van der Waals surface area contributed by atoms with Crippen LogP contribution >= 0.6 is 0 Å². The molecule has 0 spiro atoms. The molecule has 140 valence electrons. The lowest BCUT2D eigenvalue weighted by atomic mass is 9.99. The molecule has 2 aromatic rings. The number of anilines is 1. The molecule has 1 N–H and O–H groups in total. The van der Waals surface area contributed by atoms with Crippen molar-refractivity contribution in [2.45, 2.75) is 25.8 Å². The Kier molecular flexibility index (Phi) is 4.74. The number of rotatable bonds is 5. The van der Waals surface area contributed by atoms with Gasteiger partial charge in [0.1, 0.15) is 0 Å². The van der Waals surface area contributed by atoms with Gasteiger partial charge in [0, 0.05) is 24.7 Å². The van der Waals surface area contributed by atoms with E-state index in [9.17, 15) is 13.2 Å². The summed E-state index contributed by atoms with van der Waals surface area (Å²) in [7, 11) is -3.60. The largest absolute Gasteiger partial charge is 0.338 e. The van der Waals surface area contributed by atoms with Crippen molar-refractivity contribution in [3.8, 4) is 0 Å². The van der Waals surface area contributed by atoms with E-state index in [1.165, 1.54) is 11.0 Å². The van der Waals surface area contributed by atoms with Gasteiger partial charge >= 0.3 is 0 Å². The number of carbonyl (C=O) groups is 1. The Balaban J connectivity index is 1.47. The Morgan fingerprint density at radius 2 is 1.85 bits per heavy atom. The van der Waals surface area contributed by atoms with E-state index >= 15 is 0 Å². The number of nitrogens with zero attached hydrogens (tertiary/aromatic N) is 1. The first-order valence-electron chi connectivity index (χ1n) is 9.17. The van der Waals surface area contributed by atoms with Gasteiger partial charge in [-0.2, -0.15) is 0 Å². The highest BCUT2D eigenvalue weighted by molar-refractivity contribution is 7.95. The fourth-order valence-corrected chi connectivity index (χ4v) is 4.19. The maximum atomic E-state index is 12.3. The van der Waals surface area contributed by atoms with E-state index in [2.05, 4.69) is 4.72 Å². The zero-order valence-electron chi connectivity index (χ0n) is 15.0. The summed E-state index contributed by atoms with van der Waals surface area (Å²) < 4.78 is 27.3. The molecule has 6 heteroatoms. The van der Waals surface area contributed by atoms with Crippen LogP contribution in [0.5, 0.6) is 0 Å². The van der Waals surface area contributed by atoms with Crippen molar-refractivity contribution >= 4 is 27.7 Å². The molecule has 1 aliphatic carbocycles. The monoisotopic (exact) mass is 382 g/mol. The average Bonchev–Trinajstić information content (AvgIpc) is 3.51. The summed E-state index contributed by atoms with van der Waals surface area (Å²) in [6.45, 7) is 1.30. The van der Waals surface area contributed by atoms with Crippen molar-refractivity contribution in [1.82, 2.24) is 4.90 Å². The third-order valence-corrected chi connectivity index (χ3v) is 5.97.